The Morgan fingerprint density at radius 1 is 1.17 bits per heavy atom. The summed E-state index contributed by atoms with van der Waals surface area (Å²) in [5.41, 5.74) is -5.73. The molecule has 0 aliphatic heterocycles. The maximum absolute atomic E-state index is 12.4. The summed E-state index contributed by atoms with van der Waals surface area (Å²) in [5, 5.41) is 2.40. The van der Waals surface area contributed by atoms with Gasteiger partial charge in [-0.1, -0.05) is 11.6 Å². The number of ether oxygens (including phenoxy) is 2. The summed E-state index contributed by atoms with van der Waals surface area (Å²) in [4.78, 5) is 24.1. The number of hydrogen-bond acceptors (Lipinski definition) is 7. The highest BCUT2D eigenvalue weighted by Gasteiger charge is 2.48. The monoisotopic (exact) mass is 443 g/mol. The van der Waals surface area contributed by atoms with Gasteiger partial charge in [-0.05, 0) is 46.6 Å². The molecule has 1 aliphatic carbocycles. The molecule has 29 heavy (non-hydrogen) atoms. The van der Waals surface area contributed by atoms with E-state index in [4.69, 9.17) is 9.47 Å². The quantitative estimate of drug-likeness (QED) is 0.365. The Morgan fingerprint density at radius 2 is 1.79 bits per heavy atom. The molecule has 0 aromatic rings. The van der Waals surface area contributed by atoms with Crippen LogP contribution in [0.5, 0.6) is 0 Å². The van der Waals surface area contributed by atoms with Gasteiger partial charge in [0.25, 0.3) is 0 Å². The van der Waals surface area contributed by atoms with Gasteiger partial charge in [-0.2, -0.15) is 21.6 Å². The molecule has 0 saturated carbocycles. The number of alkyl halides is 3. The maximum atomic E-state index is 12.4. The molecule has 1 rings (SSSR count). The van der Waals surface area contributed by atoms with Crippen molar-refractivity contribution >= 4 is 22.2 Å². The lowest BCUT2D eigenvalue weighted by Gasteiger charge is -2.24. The number of amides is 1. The van der Waals surface area contributed by atoms with Crippen LogP contribution in [0.3, 0.4) is 0 Å². The van der Waals surface area contributed by atoms with Crippen LogP contribution in [-0.2, 0) is 28.6 Å². The zero-order chi connectivity index (χ0) is 22.5. The second-order valence-electron chi connectivity index (χ2n) is 7.10. The first-order valence-corrected chi connectivity index (χ1v) is 10.1. The summed E-state index contributed by atoms with van der Waals surface area (Å²) in [5.74, 6) is -1.08. The van der Waals surface area contributed by atoms with Gasteiger partial charge in [0.2, 0.25) is 0 Å². The molecule has 166 valence electrons. The van der Waals surface area contributed by atoms with Gasteiger partial charge >= 0.3 is 27.7 Å². The standard InChI is InChI=1S/C17H24F3NO7S/c1-5-26-14(22)13(21-15(23)27-16(2,3)4)10-11-6-8-12(9-7-11)28-29(24,25)17(18,19)20/h6,8,13H,5,7,9-10H2,1-4H3,(H,21,23)/t13-/m0/s1. The average molecular weight is 443 g/mol. The van der Waals surface area contributed by atoms with Gasteiger partial charge in [-0.3, -0.25) is 0 Å². The first-order valence-electron chi connectivity index (χ1n) is 8.70. The Kier molecular flexibility index (Phi) is 8.13. The van der Waals surface area contributed by atoms with Crippen LogP contribution in [0.15, 0.2) is 23.5 Å². The molecule has 0 heterocycles. The highest BCUT2D eigenvalue weighted by Crippen LogP contribution is 2.30. The van der Waals surface area contributed by atoms with Gasteiger partial charge in [0, 0.05) is 6.42 Å². The minimum absolute atomic E-state index is 0.00781. The van der Waals surface area contributed by atoms with Crippen LogP contribution in [0.4, 0.5) is 18.0 Å². The van der Waals surface area contributed by atoms with Crippen LogP contribution < -0.4 is 5.32 Å². The van der Waals surface area contributed by atoms with Crippen molar-refractivity contribution in [1.29, 1.82) is 0 Å². The van der Waals surface area contributed by atoms with Gasteiger partial charge in [-0.15, -0.1) is 0 Å². The van der Waals surface area contributed by atoms with Crippen LogP contribution >= 0.6 is 0 Å². The SMILES string of the molecule is CCOC(=O)[C@H](CC1=CC=C(OS(=O)(=O)C(F)(F)F)CC1)NC(=O)OC(C)(C)C. The van der Waals surface area contributed by atoms with Crippen LogP contribution in [-0.4, -0.2) is 44.2 Å². The predicted octanol–water partition coefficient (Wildman–Crippen LogP) is 3.30. The first-order chi connectivity index (χ1) is 13.1. The van der Waals surface area contributed by atoms with Crippen LogP contribution in [0.1, 0.15) is 47.0 Å². The molecule has 0 aromatic heterocycles. The van der Waals surface area contributed by atoms with E-state index in [0.717, 1.165) is 6.08 Å². The van der Waals surface area contributed by atoms with Crippen LogP contribution in [0.2, 0.25) is 0 Å². The first kappa shape index (κ1) is 24.8. The molecule has 0 saturated heterocycles. The topological polar surface area (TPSA) is 108 Å². The number of carbonyl (C=O) groups excluding carboxylic acids is 2. The van der Waals surface area contributed by atoms with E-state index in [0.29, 0.717) is 5.57 Å². The number of allylic oxidation sites excluding steroid dienone is 3. The third-order valence-corrected chi connectivity index (χ3v) is 4.43. The minimum atomic E-state index is -5.74. The third-order valence-electron chi connectivity index (χ3n) is 3.43. The number of alkyl carbamates (subject to hydrolysis) is 1. The second-order valence-corrected chi connectivity index (χ2v) is 8.63. The van der Waals surface area contributed by atoms with Crippen molar-refractivity contribution in [3.8, 4) is 0 Å². The zero-order valence-electron chi connectivity index (χ0n) is 16.5. The number of halogens is 3. The Hall–Kier alpha value is -2.24. The van der Waals surface area contributed by atoms with E-state index in [1.54, 1.807) is 27.7 Å². The number of carbonyl (C=O) groups is 2. The third kappa shape index (κ3) is 8.34. The van der Waals surface area contributed by atoms with E-state index < -0.39 is 39.3 Å². The summed E-state index contributed by atoms with van der Waals surface area (Å²) in [6, 6.07) is -1.08. The molecule has 1 aliphatic rings. The lowest BCUT2D eigenvalue weighted by atomic mass is 9.97. The van der Waals surface area contributed by atoms with E-state index in [-0.39, 0.29) is 31.6 Å². The van der Waals surface area contributed by atoms with Gasteiger partial charge in [-0.25, -0.2) is 9.59 Å². The van der Waals surface area contributed by atoms with E-state index in [2.05, 4.69) is 9.50 Å². The molecule has 8 nitrogen and oxygen atoms in total. The van der Waals surface area contributed by atoms with Crippen LogP contribution in [0.25, 0.3) is 0 Å². The fourth-order valence-electron chi connectivity index (χ4n) is 2.24. The number of hydrogen-bond donors (Lipinski definition) is 1. The molecule has 12 heteroatoms. The highest BCUT2D eigenvalue weighted by molar-refractivity contribution is 7.87. The molecule has 0 spiro atoms. The Balaban J connectivity index is 2.87. The smallest absolute Gasteiger partial charge is 0.464 e. The predicted molar refractivity (Wildman–Crippen MR) is 95.9 cm³/mol. The second kappa shape index (κ2) is 9.51. The molecule has 0 fully saturated rings. The lowest BCUT2D eigenvalue weighted by Crippen LogP contribution is -2.44. The molecular formula is C17H24F3NO7S. The molecule has 1 amide bonds. The van der Waals surface area contributed by atoms with Gasteiger partial charge in [0.1, 0.15) is 17.4 Å². The fraction of sp³-hybridized carbons (Fsp3) is 0.647. The number of rotatable bonds is 7. The molecule has 1 N–H and O–H groups in total. The van der Waals surface area contributed by atoms with Crippen molar-refractivity contribution in [3.05, 3.63) is 23.5 Å². The summed E-state index contributed by atoms with van der Waals surface area (Å²) < 4.78 is 73.3. The highest BCUT2D eigenvalue weighted by atomic mass is 32.2. The fourth-order valence-corrected chi connectivity index (χ4v) is 2.75. The van der Waals surface area contributed by atoms with Gasteiger partial charge in [0.05, 0.1) is 6.61 Å². The number of esters is 1. The van der Waals surface area contributed by atoms with Crippen molar-refractivity contribution in [2.24, 2.45) is 0 Å². The molecule has 0 radical (unpaired) electrons. The molecule has 0 unspecified atom stereocenters. The summed E-state index contributed by atoms with van der Waals surface area (Å²) >= 11 is 0. The van der Waals surface area contributed by atoms with Crippen molar-refractivity contribution in [2.75, 3.05) is 6.61 Å². The molecule has 0 bridgehead atoms. The zero-order valence-corrected chi connectivity index (χ0v) is 17.3. The Labute approximate surface area is 167 Å². The average Bonchev–Trinajstić information content (AvgIpc) is 2.53. The lowest BCUT2D eigenvalue weighted by molar-refractivity contribution is -0.145. The normalized spacial score (nSPS) is 16.2. The largest absolute Gasteiger partial charge is 0.534 e. The molecule has 1 atom stereocenters. The van der Waals surface area contributed by atoms with Crippen molar-refractivity contribution in [1.82, 2.24) is 5.32 Å². The van der Waals surface area contributed by atoms with E-state index in [1.807, 2.05) is 0 Å². The maximum Gasteiger partial charge on any atom is 0.534 e. The van der Waals surface area contributed by atoms with Crippen molar-refractivity contribution < 1.29 is 44.8 Å². The van der Waals surface area contributed by atoms with E-state index >= 15 is 0 Å². The number of nitrogens with one attached hydrogen (secondary N) is 1. The minimum Gasteiger partial charge on any atom is -0.464 e. The Morgan fingerprint density at radius 3 is 2.24 bits per heavy atom. The van der Waals surface area contributed by atoms with Crippen LogP contribution in [0, 0.1) is 0 Å². The summed E-state index contributed by atoms with van der Waals surface area (Å²) in [7, 11) is -5.74. The van der Waals surface area contributed by atoms with Gasteiger partial charge < -0.3 is 19.0 Å². The summed E-state index contributed by atoms with van der Waals surface area (Å²) in [6.07, 6.45) is 1.61. The van der Waals surface area contributed by atoms with Gasteiger partial charge in [0.15, 0.2) is 0 Å². The van der Waals surface area contributed by atoms with Crippen molar-refractivity contribution in [3.63, 3.8) is 0 Å². The van der Waals surface area contributed by atoms with Crippen molar-refractivity contribution in [2.45, 2.75) is 64.1 Å². The van der Waals surface area contributed by atoms with E-state index in [9.17, 15) is 31.2 Å². The summed E-state index contributed by atoms with van der Waals surface area (Å²) in [6.45, 7) is 6.62. The molecule has 0 aromatic carbocycles. The van der Waals surface area contributed by atoms with E-state index in [1.165, 1.54) is 6.08 Å². The molecular weight excluding hydrogens is 419 g/mol. The Bertz CT molecular complexity index is 780.